The van der Waals surface area contributed by atoms with Crippen molar-refractivity contribution in [3.05, 3.63) is 64.1 Å². The molecule has 2 aromatic carbocycles. The molecule has 0 unspecified atom stereocenters. The Hall–Kier alpha value is -1.32. The second-order valence-corrected chi connectivity index (χ2v) is 5.19. The van der Waals surface area contributed by atoms with Gasteiger partial charge in [-0.2, -0.15) is 0 Å². The van der Waals surface area contributed by atoms with Gasteiger partial charge >= 0.3 is 0 Å². The monoisotopic (exact) mass is 305 g/mol. The van der Waals surface area contributed by atoms with Gasteiger partial charge in [0.2, 0.25) is 0 Å². The first-order valence-corrected chi connectivity index (χ1v) is 6.67. The van der Waals surface area contributed by atoms with Gasteiger partial charge in [-0.25, -0.2) is 0 Å². The van der Waals surface area contributed by atoms with Gasteiger partial charge in [-0.05, 0) is 42.3 Å². The molecule has 0 radical (unpaired) electrons. The molecule has 0 saturated heterocycles. The fourth-order valence-electron chi connectivity index (χ4n) is 1.63. The summed E-state index contributed by atoms with van der Waals surface area (Å²) in [4.78, 5) is 0. The van der Waals surface area contributed by atoms with Crippen LogP contribution in [-0.4, -0.2) is 0 Å². The first-order valence-electron chi connectivity index (χ1n) is 5.88. The van der Waals surface area contributed by atoms with Crippen LogP contribution in [0.25, 0.3) is 0 Å². The molecule has 0 saturated carbocycles. The molecule has 0 aliphatic heterocycles. The summed E-state index contributed by atoms with van der Waals surface area (Å²) in [5, 5.41) is 0. The van der Waals surface area contributed by atoms with Crippen LogP contribution in [-0.2, 0) is 6.61 Å². The lowest BCUT2D eigenvalue weighted by Gasteiger charge is -2.10. The highest BCUT2D eigenvalue weighted by molar-refractivity contribution is 9.10. The fraction of sp³-hybridized carbons (Fsp3) is 0.200. The Morgan fingerprint density at radius 3 is 2.56 bits per heavy atom. The Labute approximate surface area is 116 Å². The third-order valence-corrected chi connectivity index (χ3v) is 3.23. The van der Waals surface area contributed by atoms with Gasteiger partial charge in [0.1, 0.15) is 12.4 Å². The molecule has 0 heterocycles. The van der Waals surface area contributed by atoms with Crippen molar-refractivity contribution in [3.63, 3.8) is 0 Å². The van der Waals surface area contributed by atoms with Crippen LogP contribution in [0.2, 0.25) is 0 Å². The summed E-state index contributed by atoms with van der Waals surface area (Å²) < 4.78 is 6.83. The molecule has 2 N–H and O–H groups in total. The van der Waals surface area contributed by atoms with Crippen molar-refractivity contribution in [2.24, 2.45) is 5.73 Å². The van der Waals surface area contributed by atoms with Crippen LogP contribution < -0.4 is 10.5 Å². The Morgan fingerprint density at radius 2 is 1.89 bits per heavy atom. The van der Waals surface area contributed by atoms with Crippen LogP contribution in [0.3, 0.4) is 0 Å². The van der Waals surface area contributed by atoms with Crippen molar-refractivity contribution in [1.29, 1.82) is 0 Å². The van der Waals surface area contributed by atoms with Crippen molar-refractivity contribution in [2.45, 2.75) is 19.6 Å². The van der Waals surface area contributed by atoms with E-state index in [1.165, 1.54) is 0 Å². The van der Waals surface area contributed by atoms with Gasteiger partial charge < -0.3 is 10.5 Å². The third-order valence-electron chi connectivity index (χ3n) is 2.70. The molecule has 2 aromatic rings. The highest BCUT2D eigenvalue weighted by Gasteiger charge is 2.01. The van der Waals surface area contributed by atoms with Crippen molar-refractivity contribution >= 4 is 15.9 Å². The number of ether oxygens (including phenoxy) is 1. The summed E-state index contributed by atoms with van der Waals surface area (Å²) in [6.45, 7) is 2.53. The summed E-state index contributed by atoms with van der Waals surface area (Å²) in [7, 11) is 0. The van der Waals surface area contributed by atoms with Gasteiger partial charge in [0.25, 0.3) is 0 Å². The first kappa shape index (κ1) is 13.1. The zero-order valence-corrected chi connectivity index (χ0v) is 11.9. The van der Waals surface area contributed by atoms with Crippen molar-refractivity contribution in [1.82, 2.24) is 0 Å². The predicted octanol–water partition coefficient (Wildman–Crippen LogP) is 4.05. The lowest BCUT2D eigenvalue weighted by Crippen LogP contribution is -2.05. The molecule has 0 fully saturated rings. The van der Waals surface area contributed by atoms with E-state index in [9.17, 15) is 0 Å². The first-order chi connectivity index (χ1) is 8.65. The lowest BCUT2D eigenvalue weighted by atomic mass is 10.1. The molecule has 2 rings (SSSR count). The molecule has 0 bridgehead atoms. The molecule has 94 valence electrons. The fourth-order valence-corrected chi connectivity index (χ4v) is 1.90. The van der Waals surface area contributed by atoms with Gasteiger partial charge in [-0.15, -0.1) is 0 Å². The van der Waals surface area contributed by atoms with E-state index in [-0.39, 0.29) is 6.04 Å². The Morgan fingerprint density at radius 1 is 1.17 bits per heavy atom. The zero-order valence-electron chi connectivity index (χ0n) is 10.3. The van der Waals surface area contributed by atoms with Crippen LogP contribution in [0.1, 0.15) is 24.1 Å². The molecule has 0 aromatic heterocycles. The number of nitrogens with two attached hydrogens (primary N) is 1. The van der Waals surface area contributed by atoms with Crippen LogP contribution in [0.4, 0.5) is 0 Å². The molecule has 1 atom stereocenters. The molecular formula is C15H16BrNO. The Balaban J connectivity index is 2.01. The average molecular weight is 306 g/mol. The van der Waals surface area contributed by atoms with E-state index < -0.39 is 0 Å². The molecular weight excluding hydrogens is 290 g/mol. The number of benzene rings is 2. The largest absolute Gasteiger partial charge is 0.489 e. The van der Waals surface area contributed by atoms with Crippen LogP contribution in [0.15, 0.2) is 53.0 Å². The highest BCUT2D eigenvalue weighted by atomic mass is 79.9. The van der Waals surface area contributed by atoms with Crippen LogP contribution in [0, 0.1) is 0 Å². The van der Waals surface area contributed by atoms with Gasteiger partial charge in [-0.1, -0.05) is 40.2 Å². The summed E-state index contributed by atoms with van der Waals surface area (Å²) in [6.07, 6.45) is 0. The van der Waals surface area contributed by atoms with Crippen molar-refractivity contribution in [2.75, 3.05) is 0 Å². The summed E-state index contributed by atoms with van der Waals surface area (Å²) >= 11 is 3.41. The normalized spacial score (nSPS) is 12.2. The molecule has 18 heavy (non-hydrogen) atoms. The summed E-state index contributed by atoms with van der Waals surface area (Å²) in [5.74, 6) is 0.854. The molecule has 0 aliphatic carbocycles. The Bertz CT molecular complexity index is 508. The molecule has 2 nitrogen and oxygen atoms in total. The molecule has 0 aliphatic rings. The van der Waals surface area contributed by atoms with Gasteiger partial charge in [0.05, 0.1) is 0 Å². The van der Waals surface area contributed by atoms with Crippen LogP contribution >= 0.6 is 15.9 Å². The maximum Gasteiger partial charge on any atom is 0.120 e. The van der Waals surface area contributed by atoms with Gasteiger partial charge in [-0.3, -0.25) is 0 Å². The average Bonchev–Trinajstić information content (AvgIpc) is 2.38. The minimum Gasteiger partial charge on any atom is -0.489 e. The SMILES string of the molecule is C[C@@H](N)c1cccc(OCc2ccc(Br)cc2)c1. The van der Waals surface area contributed by atoms with E-state index in [0.29, 0.717) is 6.61 Å². The molecule has 0 amide bonds. The number of hydrogen-bond donors (Lipinski definition) is 1. The van der Waals surface area contributed by atoms with E-state index in [2.05, 4.69) is 15.9 Å². The quantitative estimate of drug-likeness (QED) is 0.925. The topological polar surface area (TPSA) is 35.2 Å². The second kappa shape index (κ2) is 6.03. The van der Waals surface area contributed by atoms with E-state index in [1.807, 2.05) is 55.5 Å². The summed E-state index contributed by atoms with van der Waals surface area (Å²) in [6, 6.07) is 16.1. The van der Waals surface area contributed by atoms with E-state index in [4.69, 9.17) is 10.5 Å². The maximum atomic E-state index is 5.85. The van der Waals surface area contributed by atoms with Gasteiger partial charge in [0.15, 0.2) is 0 Å². The highest BCUT2D eigenvalue weighted by Crippen LogP contribution is 2.19. The predicted molar refractivity (Wildman–Crippen MR) is 77.5 cm³/mol. The summed E-state index contributed by atoms with van der Waals surface area (Å²) in [5.41, 5.74) is 8.08. The molecule has 0 spiro atoms. The third kappa shape index (κ3) is 3.59. The number of hydrogen-bond acceptors (Lipinski definition) is 2. The molecule has 3 heteroatoms. The smallest absolute Gasteiger partial charge is 0.120 e. The van der Waals surface area contributed by atoms with E-state index in [0.717, 1.165) is 21.3 Å². The van der Waals surface area contributed by atoms with E-state index in [1.54, 1.807) is 0 Å². The number of halogens is 1. The van der Waals surface area contributed by atoms with Crippen LogP contribution in [0.5, 0.6) is 5.75 Å². The van der Waals surface area contributed by atoms with Gasteiger partial charge in [0, 0.05) is 10.5 Å². The second-order valence-electron chi connectivity index (χ2n) is 4.28. The number of rotatable bonds is 4. The van der Waals surface area contributed by atoms with E-state index >= 15 is 0 Å². The maximum absolute atomic E-state index is 5.85. The lowest BCUT2D eigenvalue weighted by molar-refractivity contribution is 0.306. The minimum atomic E-state index is 0.0289. The van der Waals surface area contributed by atoms with Crippen molar-refractivity contribution in [3.8, 4) is 5.75 Å². The Kier molecular flexibility index (Phi) is 4.39. The van der Waals surface area contributed by atoms with Crippen molar-refractivity contribution < 1.29 is 4.74 Å². The standard InChI is InChI=1S/C15H16BrNO/c1-11(17)13-3-2-4-15(9-13)18-10-12-5-7-14(16)8-6-12/h2-9,11H,10,17H2,1H3/t11-/m1/s1. The minimum absolute atomic E-state index is 0.0289. The zero-order chi connectivity index (χ0) is 13.0.